The predicted molar refractivity (Wildman–Crippen MR) is 148 cm³/mol. The van der Waals surface area contributed by atoms with Gasteiger partial charge in [-0.2, -0.15) is 0 Å². The first-order valence-electron chi connectivity index (χ1n) is 12.6. The highest BCUT2D eigenvalue weighted by Gasteiger charge is 2.10. The summed E-state index contributed by atoms with van der Waals surface area (Å²) in [6.07, 6.45) is 20.7. The normalized spacial score (nSPS) is 15.8. The maximum atomic E-state index is 10.9. The van der Waals surface area contributed by atoms with Gasteiger partial charge in [0.25, 0.3) is 0 Å². The topological polar surface area (TPSA) is 66.3 Å². The third-order valence-corrected chi connectivity index (χ3v) is 5.63. The van der Waals surface area contributed by atoms with Gasteiger partial charge in [0, 0.05) is 49.5 Å². The molecular formula is C29H40N4O2. The summed E-state index contributed by atoms with van der Waals surface area (Å²) < 4.78 is 5.43. The molecule has 188 valence electrons. The molecule has 0 spiro atoms. The lowest BCUT2D eigenvalue weighted by molar-refractivity contribution is -0.104. The number of rotatable bonds is 15. The molecule has 35 heavy (non-hydrogen) atoms. The SMILES string of the molecule is C\C=C(/C=C/N=C/C=C/C(=C/C=O)NC=NCCCCCC)Cc1ccc(N2CCOCC2)cc1. The summed E-state index contributed by atoms with van der Waals surface area (Å²) >= 11 is 0. The molecule has 6 nitrogen and oxygen atoms in total. The monoisotopic (exact) mass is 476 g/mol. The van der Waals surface area contributed by atoms with E-state index in [2.05, 4.69) is 57.5 Å². The molecule has 6 heteroatoms. The number of morpholine rings is 1. The predicted octanol–water partition coefficient (Wildman–Crippen LogP) is 5.43. The van der Waals surface area contributed by atoms with Crippen LogP contribution in [0.25, 0.3) is 0 Å². The summed E-state index contributed by atoms with van der Waals surface area (Å²) in [6, 6.07) is 8.76. The molecule has 0 radical (unpaired) electrons. The van der Waals surface area contributed by atoms with E-state index in [1.165, 1.54) is 42.2 Å². The Hall–Kier alpha value is -3.25. The number of hydrogen-bond acceptors (Lipinski definition) is 5. The zero-order chi connectivity index (χ0) is 25.0. The molecule has 1 heterocycles. The van der Waals surface area contributed by atoms with Crippen molar-refractivity contribution in [2.75, 3.05) is 37.7 Å². The van der Waals surface area contributed by atoms with E-state index < -0.39 is 0 Å². The average molecular weight is 477 g/mol. The molecule has 0 unspecified atom stereocenters. The molecule has 1 aromatic carbocycles. The molecule has 1 saturated heterocycles. The standard InChI is InChI=1S/C29H40N4O2/c1-3-5-6-7-16-31-25-32-28(15-21-34)9-8-17-30-18-14-26(4-2)24-27-10-12-29(13-11-27)33-19-22-35-23-20-33/h4,8-15,17-18,21,25H,3,5-7,16,19-20,22-24H2,1-2H3,(H,31,32)/b9-8+,18-14+,26-4+,28-15-,30-17+. The van der Waals surface area contributed by atoms with Gasteiger partial charge in [-0.15, -0.1) is 0 Å². The van der Waals surface area contributed by atoms with Crippen LogP contribution in [-0.2, 0) is 16.0 Å². The smallest absolute Gasteiger partial charge is 0.144 e. The average Bonchev–Trinajstić information content (AvgIpc) is 2.90. The van der Waals surface area contributed by atoms with E-state index in [9.17, 15) is 4.79 Å². The Labute approximate surface area is 210 Å². The zero-order valence-corrected chi connectivity index (χ0v) is 21.2. The van der Waals surface area contributed by atoms with Gasteiger partial charge in [0.1, 0.15) is 6.29 Å². The van der Waals surface area contributed by atoms with Crippen molar-refractivity contribution < 1.29 is 9.53 Å². The van der Waals surface area contributed by atoms with E-state index in [1.807, 2.05) is 13.0 Å². The lowest BCUT2D eigenvalue weighted by Crippen LogP contribution is -2.36. The van der Waals surface area contributed by atoms with Crippen LogP contribution in [0.3, 0.4) is 0 Å². The summed E-state index contributed by atoms with van der Waals surface area (Å²) in [4.78, 5) is 21.9. The molecule has 0 aliphatic carbocycles. The van der Waals surface area contributed by atoms with Crippen molar-refractivity contribution in [1.82, 2.24) is 5.32 Å². The van der Waals surface area contributed by atoms with E-state index in [-0.39, 0.29) is 0 Å². The first-order valence-corrected chi connectivity index (χ1v) is 12.6. The first kappa shape index (κ1) is 28.0. The Bertz CT molecular complexity index is 905. The summed E-state index contributed by atoms with van der Waals surface area (Å²) in [5.41, 5.74) is 4.39. The third kappa shape index (κ3) is 12.1. The molecule has 0 saturated carbocycles. The van der Waals surface area contributed by atoms with Crippen molar-refractivity contribution in [2.24, 2.45) is 9.98 Å². The molecule has 1 aromatic rings. The van der Waals surface area contributed by atoms with Crippen LogP contribution >= 0.6 is 0 Å². The van der Waals surface area contributed by atoms with Crippen LogP contribution in [0.2, 0.25) is 0 Å². The van der Waals surface area contributed by atoms with E-state index in [0.717, 1.165) is 52.0 Å². The fraction of sp³-hybridized carbons (Fsp3) is 0.414. The number of anilines is 1. The second-order valence-corrected chi connectivity index (χ2v) is 8.28. The minimum Gasteiger partial charge on any atom is -0.378 e. The van der Waals surface area contributed by atoms with E-state index >= 15 is 0 Å². The number of aldehydes is 1. The highest BCUT2D eigenvalue weighted by Crippen LogP contribution is 2.18. The van der Waals surface area contributed by atoms with E-state index in [0.29, 0.717) is 5.70 Å². The maximum Gasteiger partial charge on any atom is 0.144 e. The van der Waals surface area contributed by atoms with Crippen LogP contribution in [0, 0.1) is 0 Å². The third-order valence-electron chi connectivity index (χ3n) is 5.63. The molecule has 1 N–H and O–H groups in total. The second kappa shape index (κ2) is 18.1. The van der Waals surface area contributed by atoms with Gasteiger partial charge in [0.2, 0.25) is 0 Å². The summed E-state index contributed by atoms with van der Waals surface area (Å²) in [5, 5.41) is 3.04. The minimum atomic E-state index is 0.669. The van der Waals surface area contributed by atoms with Gasteiger partial charge in [-0.1, -0.05) is 44.4 Å². The Morgan fingerprint density at radius 3 is 2.63 bits per heavy atom. The molecule has 0 aromatic heterocycles. The number of unbranched alkanes of at least 4 members (excludes halogenated alkanes) is 3. The fourth-order valence-corrected chi connectivity index (χ4v) is 3.56. The summed E-state index contributed by atoms with van der Waals surface area (Å²) in [5.74, 6) is 0. The molecule has 0 bridgehead atoms. The zero-order valence-electron chi connectivity index (χ0n) is 21.2. The van der Waals surface area contributed by atoms with Gasteiger partial charge in [0.15, 0.2) is 0 Å². The Morgan fingerprint density at radius 1 is 1.11 bits per heavy atom. The molecule has 0 amide bonds. The van der Waals surface area contributed by atoms with Crippen LogP contribution in [0.5, 0.6) is 0 Å². The van der Waals surface area contributed by atoms with E-state index in [1.54, 1.807) is 30.9 Å². The number of carbonyl (C=O) groups excluding carboxylic acids is 1. The maximum absolute atomic E-state index is 10.9. The number of carbonyl (C=O) groups is 1. The summed E-state index contributed by atoms with van der Waals surface area (Å²) in [6.45, 7) is 8.52. The molecule has 0 atom stereocenters. The van der Waals surface area contributed by atoms with Crippen molar-refractivity contribution in [3.8, 4) is 0 Å². The van der Waals surface area contributed by atoms with Crippen molar-refractivity contribution in [2.45, 2.75) is 46.0 Å². The highest BCUT2D eigenvalue weighted by molar-refractivity contribution is 5.75. The van der Waals surface area contributed by atoms with Crippen molar-refractivity contribution in [3.05, 3.63) is 77.7 Å². The number of benzene rings is 1. The number of nitrogens with one attached hydrogen (secondary N) is 1. The number of aliphatic imine (C=N–C) groups is 2. The molecular weight excluding hydrogens is 436 g/mol. The van der Waals surface area contributed by atoms with E-state index in [4.69, 9.17) is 4.74 Å². The molecule has 1 aliphatic rings. The lowest BCUT2D eigenvalue weighted by Gasteiger charge is -2.28. The van der Waals surface area contributed by atoms with Crippen molar-refractivity contribution in [3.63, 3.8) is 0 Å². The van der Waals surface area contributed by atoms with Gasteiger partial charge in [-0.05, 0) is 61.3 Å². The van der Waals surface area contributed by atoms with Gasteiger partial charge in [-0.3, -0.25) is 14.8 Å². The van der Waals surface area contributed by atoms with Crippen LogP contribution < -0.4 is 10.2 Å². The highest BCUT2D eigenvalue weighted by atomic mass is 16.5. The number of hydrogen-bond donors (Lipinski definition) is 1. The van der Waals surface area contributed by atoms with Gasteiger partial charge in [-0.25, -0.2) is 0 Å². The molecule has 2 rings (SSSR count). The van der Waals surface area contributed by atoms with Crippen LogP contribution in [0.1, 0.15) is 45.1 Å². The number of ether oxygens (including phenoxy) is 1. The minimum absolute atomic E-state index is 0.669. The van der Waals surface area contributed by atoms with Gasteiger partial charge in [0.05, 0.1) is 19.6 Å². The fourth-order valence-electron chi connectivity index (χ4n) is 3.56. The molecule has 1 fully saturated rings. The van der Waals surface area contributed by atoms with Crippen LogP contribution in [-0.4, -0.2) is 51.7 Å². The van der Waals surface area contributed by atoms with Crippen molar-refractivity contribution >= 4 is 24.5 Å². The van der Waals surface area contributed by atoms with Crippen LogP contribution in [0.4, 0.5) is 5.69 Å². The summed E-state index contributed by atoms with van der Waals surface area (Å²) in [7, 11) is 0. The first-order chi connectivity index (χ1) is 17.3. The number of nitrogens with zero attached hydrogens (tertiary/aromatic N) is 3. The Morgan fingerprint density at radius 2 is 1.91 bits per heavy atom. The largest absolute Gasteiger partial charge is 0.378 e. The number of allylic oxidation sites excluding steroid dienone is 6. The lowest BCUT2D eigenvalue weighted by atomic mass is 10.0. The second-order valence-electron chi connectivity index (χ2n) is 8.28. The van der Waals surface area contributed by atoms with Crippen LogP contribution in [0.15, 0.2) is 82.1 Å². The Balaban J connectivity index is 1.78. The quantitative estimate of drug-likeness (QED) is 0.0915. The van der Waals surface area contributed by atoms with Crippen molar-refractivity contribution in [1.29, 1.82) is 0 Å². The van der Waals surface area contributed by atoms with Gasteiger partial charge < -0.3 is 15.0 Å². The van der Waals surface area contributed by atoms with Gasteiger partial charge >= 0.3 is 0 Å². The molecule has 1 aliphatic heterocycles. The Kier molecular flexibility index (Phi) is 14.5.